The standard InChI is InChI=1S/C19H18ClNO3/c1-13-9-16(20)7-8-17(13)24-19(23)15-10-18(22)21(12-15)11-14-5-3-2-4-6-14/h2-9,15H,10-12H2,1H3. The zero-order valence-electron chi connectivity index (χ0n) is 13.4. The van der Waals surface area contributed by atoms with Crippen LogP contribution in [-0.4, -0.2) is 23.3 Å². The van der Waals surface area contributed by atoms with E-state index in [9.17, 15) is 9.59 Å². The van der Waals surface area contributed by atoms with Gasteiger partial charge in [0.05, 0.1) is 5.92 Å². The zero-order chi connectivity index (χ0) is 17.1. The van der Waals surface area contributed by atoms with Crippen molar-refractivity contribution in [1.82, 2.24) is 4.90 Å². The summed E-state index contributed by atoms with van der Waals surface area (Å²) in [6.07, 6.45) is 0.193. The lowest BCUT2D eigenvalue weighted by molar-refractivity contribution is -0.139. The van der Waals surface area contributed by atoms with Crippen molar-refractivity contribution in [3.63, 3.8) is 0 Å². The molecule has 3 rings (SSSR count). The van der Waals surface area contributed by atoms with E-state index in [0.29, 0.717) is 23.9 Å². The maximum absolute atomic E-state index is 12.4. The van der Waals surface area contributed by atoms with Crippen LogP contribution in [0.4, 0.5) is 0 Å². The second kappa shape index (κ2) is 7.05. The first kappa shape index (κ1) is 16.5. The lowest BCUT2D eigenvalue weighted by Gasteiger charge is -2.16. The van der Waals surface area contributed by atoms with Crippen molar-refractivity contribution in [2.24, 2.45) is 5.92 Å². The largest absolute Gasteiger partial charge is 0.426 e. The van der Waals surface area contributed by atoms with Crippen LogP contribution >= 0.6 is 11.6 Å². The van der Waals surface area contributed by atoms with Crippen LogP contribution in [-0.2, 0) is 16.1 Å². The third-order valence-electron chi connectivity index (χ3n) is 4.11. The molecule has 1 saturated heterocycles. The maximum Gasteiger partial charge on any atom is 0.316 e. The van der Waals surface area contributed by atoms with Gasteiger partial charge in [0.25, 0.3) is 0 Å². The van der Waals surface area contributed by atoms with Gasteiger partial charge in [0.1, 0.15) is 5.75 Å². The Hall–Kier alpha value is -2.33. The number of ether oxygens (including phenoxy) is 1. The SMILES string of the molecule is Cc1cc(Cl)ccc1OC(=O)C1CC(=O)N(Cc2ccccc2)C1. The van der Waals surface area contributed by atoms with E-state index in [1.165, 1.54) is 0 Å². The molecule has 2 aromatic carbocycles. The molecule has 0 aromatic heterocycles. The highest BCUT2D eigenvalue weighted by Crippen LogP contribution is 2.26. The van der Waals surface area contributed by atoms with Crippen LogP contribution < -0.4 is 4.74 Å². The van der Waals surface area contributed by atoms with Gasteiger partial charge in [-0.15, -0.1) is 0 Å². The lowest BCUT2D eigenvalue weighted by Crippen LogP contribution is -2.27. The molecular formula is C19H18ClNO3. The van der Waals surface area contributed by atoms with E-state index in [1.54, 1.807) is 23.1 Å². The minimum Gasteiger partial charge on any atom is -0.426 e. The van der Waals surface area contributed by atoms with E-state index in [2.05, 4.69) is 0 Å². The summed E-state index contributed by atoms with van der Waals surface area (Å²) in [7, 11) is 0. The Morgan fingerprint density at radius 1 is 1.25 bits per heavy atom. The van der Waals surface area contributed by atoms with Crippen molar-refractivity contribution in [2.45, 2.75) is 19.9 Å². The van der Waals surface area contributed by atoms with Crippen molar-refractivity contribution in [1.29, 1.82) is 0 Å². The highest BCUT2D eigenvalue weighted by atomic mass is 35.5. The number of likely N-dealkylation sites (tertiary alicyclic amines) is 1. The first-order chi connectivity index (χ1) is 11.5. The van der Waals surface area contributed by atoms with E-state index in [4.69, 9.17) is 16.3 Å². The van der Waals surface area contributed by atoms with Crippen molar-refractivity contribution in [2.75, 3.05) is 6.54 Å². The Morgan fingerprint density at radius 3 is 2.71 bits per heavy atom. The number of benzene rings is 2. The predicted octanol–water partition coefficient (Wildman–Crippen LogP) is 3.60. The van der Waals surface area contributed by atoms with Crippen molar-refractivity contribution in [3.8, 4) is 5.75 Å². The molecule has 1 heterocycles. The summed E-state index contributed by atoms with van der Waals surface area (Å²) in [6.45, 7) is 2.73. The molecule has 4 nitrogen and oxygen atoms in total. The van der Waals surface area contributed by atoms with Crippen LogP contribution in [0.3, 0.4) is 0 Å². The smallest absolute Gasteiger partial charge is 0.316 e. The van der Waals surface area contributed by atoms with Gasteiger partial charge < -0.3 is 9.64 Å². The first-order valence-corrected chi connectivity index (χ1v) is 8.20. The molecule has 2 aromatic rings. The highest BCUT2D eigenvalue weighted by molar-refractivity contribution is 6.30. The van der Waals surface area contributed by atoms with E-state index in [-0.39, 0.29) is 18.3 Å². The lowest BCUT2D eigenvalue weighted by atomic mass is 10.1. The Bertz CT molecular complexity index is 760. The third-order valence-corrected chi connectivity index (χ3v) is 4.35. The average Bonchev–Trinajstić information content (AvgIpc) is 2.92. The minimum absolute atomic E-state index is 0.0198. The van der Waals surface area contributed by atoms with E-state index in [0.717, 1.165) is 11.1 Å². The number of hydrogen-bond acceptors (Lipinski definition) is 3. The van der Waals surface area contributed by atoms with Gasteiger partial charge in [-0.2, -0.15) is 0 Å². The Balaban J connectivity index is 1.63. The summed E-state index contributed by atoms with van der Waals surface area (Å²) in [6, 6.07) is 14.8. The molecule has 24 heavy (non-hydrogen) atoms. The van der Waals surface area contributed by atoms with Gasteiger partial charge >= 0.3 is 5.97 Å². The van der Waals surface area contributed by atoms with Gasteiger partial charge in [-0.3, -0.25) is 9.59 Å². The van der Waals surface area contributed by atoms with Gasteiger partial charge in [0, 0.05) is 24.5 Å². The summed E-state index contributed by atoms with van der Waals surface area (Å²) >= 11 is 5.90. The van der Waals surface area contributed by atoms with Gasteiger partial charge in [0.15, 0.2) is 0 Å². The number of carbonyl (C=O) groups is 2. The van der Waals surface area contributed by atoms with Gasteiger partial charge in [0.2, 0.25) is 5.91 Å². The molecule has 0 bridgehead atoms. The number of carbonyl (C=O) groups excluding carboxylic acids is 2. The van der Waals surface area contributed by atoms with Gasteiger partial charge in [-0.25, -0.2) is 0 Å². The quantitative estimate of drug-likeness (QED) is 0.629. The second-order valence-corrected chi connectivity index (χ2v) is 6.43. The van der Waals surface area contributed by atoms with Gasteiger partial charge in [-0.1, -0.05) is 41.9 Å². The molecular weight excluding hydrogens is 326 g/mol. The number of hydrogen-bond donors (Lipinski definition) is 0. The predicted molar refractivity (Wildman–Crippen MR) is 91.8 cm³/mol. The summed E-state index contributed by atoms with van der Waals surface area (Å²) in [5, 5.41) is 0.595. The normalized spacial score (nSPS) is 17.2. The fourth-order valence-corrected chi connectivity index (χ4v) is 3.03. The molecule has 1 atom stereocenters. The first-order valence-electron chi connectivity index (χ1n) is 7.82. The molecule has 124 valence electrons. The summed E-state index contributed by atoms with van der Waals surface area (Å²) in [5.74, 6) is -0.340. The van der Waals surface area contributed by atoms with E-state index >= 15 is 0 Å². The molecule has 0 aliphatic carbocycles. The van der Waals surface area contributed by atoms with Gasteiger partial charge in [-0.05, 0) is 36.2 Å². The van der Waals surface area contributed by atoms with Crippen LogP contribution in [0.2, 0.25) is 5.02 Å². The fourth-order valence-electron chi connectivity index (χ4n) is 2.81. The third kappa shape index (κ3) is 3.77. The highest BCUT2D eigenvalue weighted by Gasteiger charge is 2.35. The topological polar surface area (TPSA) is 46.6 Å². The number of halogens is 1. The van der Waals surface area contributed by atoms with Crippen LogP contribution in [0.5, 0.6) is 5.75 Å². The molecule has 1 unspecified atom stereocenters. The van der Waals surface area contributed by atoms with E-state index in [1.807, 2.05) is 37.3 Å². The molecule has 0 spiro atoms. The second-order valence-electron chi connectivity index (χ2n) is 5.99. The van der Waals surface area contributed by atoms with E-state index < -0.39 is 5.92 Å². The van der Waals surface area contributed by atoms with Crippen molar-refractivity contribution < 1.29 is 14.3 Å². The number of amides is 1. The molecule has 1 aliphatic rings. The summed E-state index contributed by atoms with van der Waals surface area (Å²) in [5.41, 5.74) is 1.84. The number of aryl methyl sites for hydroxylation is 1. The molecule has 0 saturated carbocycles. The van der Waals surface area contributed by atoms with Crippen LogP contribution in [0.25, 0.3) is 0 Å². The molecule has 0 N–H and O–H groups in total. The number of esters is 1. The summed E-state index contributed by atoms with van der Waals surface area (Å²) < 4.78 is 5.45. The molecule has 0 radical (unpaired) electrons. The van der Waals surface area contributed by atoms with Crippen molar-refractivity contribution in [3.05, 3.63) is 64.7 Å². The molecule has 1 amide bonds. The minimum atomic E-state index is -0.434. The van der Waals surface area contributed by atoms with Crippen LogP contribution in [0, 0.1) is 12.8 Å². The maximum atomic E-state index is 12.4. The molecule has 1 fully saturated rings. The fraction of sp³-hybridized carbons (Fsp3) is 0.263. The van der Waals surface area contributed by atoms with Crippen molar-refractivity contribution >= 4 is 23.5 Å². The van der Waals surface area contributed by atoms with Crippen LogP contribution in [0.15, 0.2) is 48.5 Å². The summed E-state index contributed by atoms with van der Waals surface area (Å²) in [4.78, 5) is 26.2. The average molecular weight is 344 g/mol. The zero-order valence-corrected chi connectivity index (χ0v) is 14.1. The number of nitrogens with zero attached hydrogens (tertiary/aromatic N) is 1. The Labute approximate surface area is 146 Å². The van der Waals surface area contributed by atoms with Crippen LogP contribution in [0.1, 0.15) is 17.5 Å². The Morgan fingerprint density at radius 2 is 2.00 bits per heavy atom. The monoisotopic (exact) mass is 343 g/mol. The Kier molecular flexibility index (Phi) is 4.86. The number of rotatable bonds is 4. The molecule has 1 aliphatic heterocycles. The molecule has 5 heteroatoms.